The predicted octanol–water partition coefficient (Wildman–Crippen LogP) is 3.29. The molecule has 0 radical (unpaired) electrons. The zero-order valence-electron chi connectivity index (χ0n) is 15.2. The first-order valence-corrected chi connectivity index (χ1v) is 9.02. The predicted molar refractivity (Wildman–Crippen MR) is 105 cm³/mol. The quantitative estimate of drug-likeness (QED) is 0.824. The standard InChI is InChI=1S/C19H24ClN5O/c1-15(2)22(3)18-12-21-25(14-18)19(26)24-9-7-23(8-10-24)13-16-5-4-6-17(20)11-16/h4-6,11-12,14H,1,7-10,13H2,2-3H3. The number of piperazine rings is 1. The molecule has 2 heterocycles. The van der Waals surface area contributed by atoms with Crippen LogP contribution in [-0.4, -0.2) is 58.8 Å². The lowest BCUT2D eigenvalue weighted by Crippen LogP contribution is -2.49. The Bertz CT molecular complexity index is 795. The first kappa shape index (κ1) is 18.5. The van der Waals surface area contributed by atoms with Crippen LogP contribution in [0.3, 0.4) is 0 Å². The van der Waals surface area contributed by atoms with Gasteiger partial charge in [0.2, 0.25) is 0 Å². The minimum atomic E-state index is -0.0891. The van der Waals surface area contributed by atoms with Gasteiger partial charge in [0.25, 0.3) is 0 Å². The van der Waals surface area contributed by atoms with Crippen molar-refractivity contribution in [2.24, 2.45) is 0 Å². The summed E-state index contributed by atoms with van der Waals surface area (Å²) in [6.45, 7) is 9.70. The maximum Gasteiger partial charge on any atom is 0.344 e. The summed E-state index contributed by atoms with van der Waals surface area (Å²) in [4.78, 5) is 18.7. The number of allylic oxidation sites excluding steroid dienone is 1. The highest BCUT2D eigenvalue weighted by atomic mass is 35.5. The van der Waals surface area contributed by atoms with Crippen molar-refractivity contribution in [3.05, 3.63) is 59.5 Å². The molecular weight excluding hydrogens is 350 g/mol. The monoisotopic (exact) mass is 373 g/mol. The second-order valence-electron chi connectivity index (χ2n) is 6.61. The summed E-state index contributed by atoms with van der Waals surface area (Å²) in [5.41, 5.74) is 2.94. The highest BCUT2D eigenvalue weighted by molar-refractivity contribution is 6.30. The molecule has 0 spiro atoms. The number of halogens is 1. The molecule has 26 heavy (non-hydrogen) atoms. The van der Waals surface area contributed by atoms with E-state index in [0.29, 0.717) is 13.1 Å². The number of carbonyl (C=O) groups is 1. The fourth-order valence-corrected chi connectivity index (χ4v) is 3.16. The number of amides is 1. The Labute approximate surface area is 159 Å². The SMILES string of the molecule is C=C(C)N(C)c1cnn(C(=O)N2CCN(Cc3cccc(Cl)c3)CC2)c1. The molecule has 0 atom stereocenters. The minimum absolute atomic E-state index is 0.0891. The maximum atomic E-state index is 12.7. The molecule has 1 aromatic heterocycles. The van der Waals surface area contributed by atoms with E-state index < -0.39 is 0 Å². The van der Waals surface area contributed by atoms with Gasteiger partial charge < -0.3 is 9.80 Å². The lowest BCUT2D eigenvalue weighted by Gasteiger charge is -2.34. The van der Waals surface area contributed by atoms with Gasteiger partial charge in [-0.3, -0.25) is 4.90 Å². The summed E-state index contributed by atoms with van der Waals surface area (Å²) in [6, 6.07) is 7.82. The molecule has 0 N–H and O–H groups in total. The molecule has 6 nitrogen and oxygen atoms in total. The highest BCUT2D eigenvalue weighted by Gasteiger charge is 2.23. The minimum Gasteiger partial charge on any atom is -0.347 e. The molecular formula is C19H24ClN5O. The fourth-order valence-electron chi connectivity index (χ4n) is 2.95. The van der Waals surface area contributed by atoms with Crippen LogP contribution >= 0.6 is 11.6 Å². The molecule has 0 saturated carbocycles. The Morgan fingerprint density at radius 1 is 1.31 bits per heavy atom. The van der Waals surface area contributed by atoms with Crippen molar-refractivity contribution < 1.29 is 4.79 Å². The molecule has 1 aliphatic heterocycles. The molecule has 2 aromatic rings. The van der Waals surface area contributed by atoms with Crippen LogP contribution in [0.2, 0.25) is 5.02 Å². The zero-order valence-corrected chi connectivity index (χ0v) is 16.0. The number of aromatic nitrogens is 2. The molecule has 1 aliphatic rings. The Morgan fingerprint density at radius 2 is 2.04 bits per heavy atom. The average molecular weight is 374 g/mol. The molecule has 0 unspecified atom stereocenters. The lowest BCUT2D eigenvalue weighted by molar-refractivity contribution is 0.134. The molecule has 1 aromatic carbocycles. The van der Waals surface area contributed by atoms with Gasteiger partial charge in [0.05, 0.1) is 18.1 Å². The van der Waals surface area contributed by atoms with Crippen LogP contribution in [0.1, 0.15) is 12.5 Å². The van der Waals surface area contributed by atoms with Gasteiger partial charge >= 0.3 is 6.03 Å². The van der Waals surface area contributed by atoms with Crippen LogP contribution < -0.4 is 4.90 Å². The number of nitrogens with zero attached hydrogens (tertiary/aromatic N) is 5. The smallest absolute Gasteiger partial charge is 0.344 e. The largest absolute Gasteiger partial charge is 0.347 e. The van der Waals surface area contributed by atoms with Crippen molar-refractivity contribution in [3.63, 3.8) is 0 Å². The van der Waals surface area contributed by atoms with Gasteiger partial charge in [0.1, 0.15) is 0 Å². The van der Waals surface area contributed by atoms with Crippen molar-refractivity contribution in [3.8, 4) is 0 Å². The lowest BCUT2D eigenvalue weighted by atomic mass is 10.2. The fraction of sp³-hybridized carbons (Fsp3) is 0.368. The van der Waals surface area contributed by atoms with Crippen molar-refractivity contribution in [2.45, 2.75) is 13.5 Å². The van der Waals surface area contributed by atoms with E-state index in [2.05, 4.69) is 22.6 Å². The molecule has 1 saturated heterocycles. The Hall–Kier alpha value is -2.31. The van der Waals surface area contributed by atoms with E-state index in [-0.39, 0.29) is 6.03 Å². The summed E-state index contributed by atoms with van der Waals surface area (Å²) in [6.07, 6.45) is 3.43. The van der Waals surface area contributed by atoms with E-state index in [4.69, 9.17) is 11.6 Å². The molecule has 1 amide bonds. The maximum absolute atomic E-state index is 12.7. The van der Waals surface area contributed by atoms with Crippen LogP contribution in [-0.2, 0) is 6.54 Å². The third-order valence-electron chi connectivity index (χ3n) is 4.66. The molecule has 0 aliphatic carbocycles. The average Bonchev–Trinajstić information content (AvgIpc) is 3.11. The van der Waals surface area contributed by atoms with Crippen LogP contribution in [0.15, 0.2) is 48.9 Å². The number of rotatable bonds is 4. The Balaban J connectivity index is 1.56. The number of anilines is 1. The zero-order chi connectivity index (χ0) is 18.7. The second-order valence-corrected chi connectivity index (χ2v) is 7.05. The summed E-state index contributed by atoms with van der Waals surface area (Å²) < 4.78 is 1.40. The van der Waals surface area contributed by atoms with Crippen LogP contribution in [0.5, 0.6) is 0 Å². The molecule has 138 valence electrons. The third kappa shape index (κ3) is 4.26. The second kappa shape index (κ2) is 7.93. The normalized spacial score (nSPS) is 15.1. The molecule has 7 heteroatoms. The van der Waals surface area contributed by atoms with Crippen molar-refractivity contribution in [2.75, 3.05) is 38.1 Å². The third-order valence-corrected chi connectivity index (χ3v) is 4.90. The van der Waals surface area contributed by atoms with Gasteiger partial charge in [-0.2, -0.15) is 9.78 Å². The molecule has 0 bridgehead atoms. The van der Waals surface area contributed by atoms with Gasteiger partial charge in [-0.15, -0.1) is 0 Å². The van der Waals surface area contributed by atoms with Crippen LogP contribution in [0, 0.1) is 0 Å². The van der Waals surface area contributed by atoms with Crippen molar-refractivity contribution in [1.29, 1.82) is 0 Å². The van der Waals surface area contributed by atoms with E-state index in [1.165, 1.54) is 10.2 Å². The molecule has 1 fully saturated rings. The van der Waals surface area contributed by atoms with E-state index in [1.807, 2.05) is 42.0 Å². The van der Waals surface area contributed by atoms with Gasteiger partial charge in [-0.05, 0) is 24.6 Å². The van der Waals surface area contributed by atoms with E-state index >= 15 is 0 Å². The summed E-state index contributed by atoms with van der Waals surface area (Å²) in [5, 5.41) is 4.96. The Morgan fingerprint density at radius 3 is 2.69 bits per heavy atom. The van der Waals surface area contributed by atoms with E-state index in [9.17, 15) is 4.79 Å². The summed E-state index contributed by atoms with van der Waals surface area (Å²) in [7, 11) is 1.91. The first-order valence-electron chi connectivity index (χ1n) is 8.64. The Kier molecular flexibility index (Phi) is 5.64. The van der Waals surface area contributed by atoms with Gasteiger partial charge in [-0.1, -0.05) is 30.3 Å². The number of hydrogen-bond donors (Lipinski definition) is 0. The van der Waals surface area contributed by atoms with Crippen molar-refractivity contribution >= 4 is 23.3 Å². The topological polar surface area (TPSA) is 44.6 Å². The van der Waals surface area contributed by atoms with Gasteiger partial charge in [0.15, 0.2) is 0 Å². The van der Waals surface area contributed by atoms with Crippen LogP contribution in [0.4, 0.5) is 10.5 Å². The number of carbonyl (C=O) groups excluding carboxylic acids is 1. The first-order chi connectivity index (χ1) is 12.4. The number of hydrogen-bond acceptors (Lipinski definition) is 4. The highest BCUT2D eigenvalue weighted by Crippen LogP contribution is 2.17. The summed E-state index contributed by atoms with van der Waals surface area (Å²) >= 11 is 6.05. The van der Waals surface area contributed by atoms with Gasteiger partial charge in [-0.25, -0.2) is 4.79 Å². The van der Waals surface area contributed by atoms with Crippen molar-refractivity contribution in [1.82, 2.24) is 19.6 Å². The van der Waals surface area contributed by atoms with E-state index in [1.54, 1.807) is 12.4 Å². The number of benzene rings is 1. The van der Waals surface area contributed by atoms with E-state index in [0.717, 1.165) is 36.0 Å². The van der Waals surface area contributed by atoms with Gasteiger partial charge in [0, 0.05) is 50.5 Å². The summed E-state index contributed by atoms with van der Waals surface area (Å²) in [5.74, 6) is 0. The van der Waals surface area contributed by atoms with Crippen LogP contribution in [0.25, 0.3) is 0 Å². The molecule has 3 rings (SSSR count).